The van der Waals surface area contributed by atoms with E-state index in [9.17, 15) is 4.79 Å². The third kappa shape index (κ3) is 8.48. The first-order valence-corrected chi connectivity index (χ1v) is 6.75. The molecule has 0 bridgehead atoms. The lowest BCUT2D eigenvalue weighted by Crippen LogP contribution is -2.39. The molecule has 0 atom stereocenters. The standard InChI is InChI=1S/C14H30N2O2/c1-13(2,3)7-10-18-11-9-16-12(17)14(4,5)6-8-15/h6-11,15H2,1-5H3,(H,16,17). The van der Waals surface area contributed by atoms with Gasteiger partial charge >= 0.3 is 0 Å². The van der Waals surface area contributed by atoms with E-state index in [1.54, 1.807) is 0 Å². The van der Waals surface area contributed by atoms with Crippen LogP contribution in [0, 0.1) is 10.8 Å². The molecule has 0 aromatic rings. The zero-order valence-electron chi connectivity index (χ0n) is 12.6. The average Bonchev–Trinajstić information content (AvgIpc) is 2.21. The molecule has 0 heterocycles. The van der Waals surface area contributed by atoms with Gasteiger partial charge in [0.2, 0.25) is 5.91 Å². The van der Waals surface area contributed by atoms with E-state index in [4.69, 9.17) is 10.5 Å². The van der Waals surface area contributed by atoms with Crippen LogP contribution in [-0.4, -0.2) is 32.2 Å². The van der Waals surface area contributed by atoms with Crippen molar-refractivity contribution >= 4 is 5.91 Å². The maximum atomic E-state index is 11.8. The largest absolute Gasteiger partial charge is 0.380 e. The second-order valence-corrected chi connectivity index (χ2v) is 6.60. The van der Waals surface area contributed by atoms with Gasteiger partial charge in [-0.2, -0.15) is 0 Å². The van der Waals surface area contributed by atoms with Crippen LogP contribution >= 0.6 is 0 Å². The summed E-state index contributed by atoms with van der Waals surface area (Å²) in [5.41, 5.74) is 5.39. The molecule has 0 unspecified atom stereocenters. The summed E-state index contributed by atoms with van der Waals surface area (Å²) in [6.07, 6.45) is 1.73. The maximum absolute atomic E-state index is 11.8. The third-order valence-electron chi connectivity index (χ3n) is 2.91. The van der Waals surface area contributed by atoms with Gasteiger partial charge in [-0.25, -0.2) is 0 Å². The Kier molecular flexibility index (Phi) is 7.48. The molecule has 0 spiro atoms. The Labute approximate surface area is 112 Å². The number of nitrogens with two attached hydrogens (primary N) is 1. The highest BCUT2D eigenvalue weighted by atomic mass is 16.5. The molecule has 0 aromatic heterocycles. The van der Waals surface area contributed by atoms with E-state index in [0.717, 1.165) is 13.0 Å². The van der Waals surface area contributed by atoms with Crippen molar-refractivity contribution in [3.63, 3.8) is 0 Å². The summed E-state index contributed by atoms with van der Waals surface area (Å²) >= 11 is 0. The lowest BCUT2D eigenvalue weighted by atomic mass is 9.88. The molecular weight excluding hydrogens is 228 g/mol. The molecule has 0 aromatic carbocycles. The normalized spacial score (nSPS) is 12.6. The smallest absolute Gasteiger partial charge is 0.225 e. The summed E-state index contributed by atoms with van der Waals surface area (Å²) in [6.45, 7) is 12.8. The van der Waals surface area contributed by atoms with Crippen molar-refractivity contribution in [1.82, 2.24) is 5.32 Å². The Balaban J connectivity index is 3.64. The van der Waals surface area contributed by atoms with Gasteiger partial charge in [-0.1, -0.05) is 34.6 Å². The highest BCUT2D eigenvalue weighted by Gasteiger charge is 2.25. The van der Waals surface area contributed by atoms with Crippen LogP contribution in [0.4, 0.5) is 0 Å². The van der Waals surface area contributed by atoms with Crippen LogP contribution in [0.3, 0.4) is 0 Å². The van der Waals surface area contributed by atoms with Crippen molar-refractivity contribution < 1.29 is 9.53 Å². The van der Waals surface area contributed by atoms with Gasteiger partial charge in [0, 0.05) is 18.6 Å². The zero-order valence-corrected chi connectivity index (χ0v) is 12.6. The summed E-state index contributed by atoms with van der Waals surface area (Å²) in [4.78, 5) is 11.8. The fourth-order valence-electron chi connectivity index (χ4n) is 1.43. The number of ether oxygens (including phenoxy) is 1. The first kappa shape index (κ1) is 17.4. The van der Waals surface area contributed by atoms with Crippen molar-refractivity contribution in [2.75, 3.05) is 26.3 Å². The summed E-state index contributed by atoms with van der Waals surface area (Å²) < 4.78 is 5.49. The van der Waals surface area contributed by atoms with Gasteiger partial charge in [-0.15, -0.1) is 0 Å². The molecule has 108 valence electrons. The predicted molar refractivity (Wildman–Crippen MR) is 75.4 cm³/mol. The molecular formula is C14H30N2O2. The molecule has 3 N–H and O–H groups in total. The Morgan fingerprint density at radius 1 is 1.11 bits per heavy atom. The van der Waals surface area contributed by atoms with Crippen LogP contribution in [0.2, 0.25) is 0 Å². The lowest BCUT2D eigenvalue weighted by Gasteiger charge is -2.22. The van der Waals surface area contributed by atoms with Crippen LogP contribution in [0.25, 0.3) is 0 Å². The molecule has 0 radical (unpaired) electrons. The second kappa shape index (κ2) is 7.74. The Morgan fingerprint density at radius 2 is 1.72 bits per heavy atom. The number of nitrogens with one attached hydrogen (secondary N) is 1. The highest BCUT2D eigenvalue weighted by molar-refractivity contribution is 5.81. The summed E-state index contributed by atoms with van der Waals surface area (Å²) in [5.74, 6) is 0.0485. The summed E-state index contributed by atoms with van der Waals surface area (Å²) in [5, 5.41) is 2.89. The van der Waals surface area contributed by atoms with Gasteiger partial charge in [0.05, 0.1) is 6.61 Å². The molecule has 0 fully saturated rings. The fourth-order valence-corrected chi connectivity index (χ4v) is 1.43. The van der Waals surface area contributed by atoms with Gasteiger partial charge in [-0.05, 0) is 24.8 Å². The van der Waals surface area contributed by atoms with E-state index in [0.29, 0.717) is 31.5 Å². The minimum absolute atomic E-state index is 0.0485. The number of hydrogen-bond donors (Lipinski definition) is 2. The molecule has 4 nitrogen and oxygen atoms in total. The highest BCUT2D eigenvalue weighted by Crippen LogP contribution is 2.19. The van der Waals surface area contributed by atoms with Gasteiger partial charge in [0.15, 0.2) is 0 Å². The zero-order chi connectivity index (χ0) is 14.2. The predicted octanol–water partition coefficient (Wildman–Crippen LogP) is 1.93. The third-order valence-corrected chi connectivity index (χ3v) is 2.91. The molecule has 0 aliphatic carbocycles. The summed E-state index contributed by atoms with van der Waals surface area (Å²) in [6, 6.07) is 0. The van der Waals surface area contributed by atoms with Gasteiger partial charge in [0.25, 0.3) is 0 Å². The van der Waals surface area contributed by atoms with E-state index in [1.165, 1.54) is 0 Å². The molecule has 0 rings (SSSR count). The topological polar surface area (TPSA) is 64.3 Å². The molecule has 18 heavy (non-hydrogen) atoms. The van der Waals surface area contributed by atoms with Gasteiger partial charge in [-0.3, -0.25) is 4.79 Å². The van der Waals surface area contributed by atoms with Crippen LogP contribution < -0.4 is 11.1 Å². The van der Waals surface area contributed by atoms with E-state index >= 15 is 0 Å². The molecule has 0 aliphatic rings. The molecule has 0 saturated heterocycles. The van der Waals surface area contributed by atoms with E-state index in [2.05, 4.69) is 26.1 Å². The van der Waals surface area contributed by atoms with E-state index < -0.39 is 0 Å². The van der Waals surface area contributed by atoms with Crippen LogP contribution in [0.1, 0.15) is 47.5 Å². The minimum Gasteiger partial charge on any atom is -0.380 e. The number of hydrogen-bond acceptors (Lipinski definition) is 3. The van der Waals surface area contributed by atoms with E-state index in [1.807, 2.05) is 13.8 Å². The first-order valence-electron chi connectivity index (χ1n) is 6.75. The SMILES string of the molecule is CC(C)(C)CCOCCNC(=O)C(C)(C)CCN. The lowest BCUT2D eigenvalue weighted by molar-refractivity contribution is -0.129. The van der Waals surface area contributed by atoms with Gasteiger partial charge in [0.1, 0.15) is 0 Å². The first-order chi connectivity index (χ1) is 8.19. The van der Waals surface area contributed by atoms with Crippen molar-refractivity contribution in [2.24, 2.45) is 16.6 Å². The molecule has 0 saturated carbocycles. The Morgan fingerprint density at radius 3 is 2.22 bits per heavy atom. The minimum atomic E-state index is -0.389. The second-order valence-electron chi connectivity index (χ2n) is 6.60. The van der Waals surface area contributed by atoms with Crippen molar-refractivity contribution in [2.45, 2.75) is 47.5 Å². The van der Waals surface area contributed by atoms with Gasteiger partial charge < -0.3 is 15.8 Å². The Hall–Kier alpha value is -0.610. The van der Waals surface area contributed by atoms with Crippen LogP contribution in [0.15, 0.2) is 0 Å². The van der Waals surface area contributed by atoms with Crippen molar-refractivity contribution in [3.8, 4) is 0 Å². The fraction of sp³-hybridized carbons (Fsp3) is 0.929. The number of rotatable bonds is 8. The molecule has 4 heteroatoms. The van der Waals surface area contributed by atoms with Crippen LogP contribution in [0.5, 0.6) is 0 Å². The quantitative estimate of drug-likeness (QED) is 0.654. The van der Waals surface area contributed by atoms with Crippen LogP contribution in [-0.2, 0) is 9.53 Å². The number of amides is 1. The van der Waals surface area contributed by atoms with E-state index in [-0.39, 0.29) is 11.3 Å². The maximum Gasteiger partial charge on any atom is 0.225 e. The molecule has 0 aliphatic heterocycles. The monoisotopic (exact) mass is 258 g/mol. The average molecular weight is 258 g/mol. The number of carbonyl (C=O) groups is 1. The summed E-state index contributed by atoms with van der Waals surface area (Å²) in [7, 11) is 0. The van der Waals surface area contributed by atoms with Crippen molar-refractivity contribution in [3.05, 3.63) is 0 Å². The van der Waals surface area contributed by atoms with Crippen molar-refractivity contribution in [1.29, 1.82) is 0 Å². The Bertz CT molecular complexity index is 245. The molecule has 1 amide bonds. The number of carbonyl (C=O) groups excluding carboxylic acids is 1.